The lowest BCUT2D eigenvalue weighted by molar-refractivity contribution is -0.159. The van der Waals surface area contributed by atoms with E-state index >= 15 is 0 Å². The van der Waals surface area contributed by atoms with Crippen molar-refractivity contribution >= 4 is 40.8 Å². The molecule has 0 unspecified atom stereocenters. The Labute approximate surface area is 239 Å². The van der Waals surface area contributed by atoms with Crippen molar-refractivity contribution in [2.45, 2.75) is 50.9 Å². The summed E-state index contributed by atoms with van der Waals surface area (Å²) in [6.07, 6.45) is -0.733. The third-order valence-electron chi connectivity index (χ3n) is 7.44. The summed E-state index contributed by atoms with van der Waals surface area (Å²) >= 11 is 6.17. The molecule has 0 bridgehead atoms. The highest BCUT2D eigenvalue weighted by molar-refractivity contribution is 6.31. The minimum atomic E-state index is -4.68. The van der Waals surface area contributed by atoms with E-state index in [1.165, 1.54) is 18.2 Å². The molecule has 0 saturated carbocycles. The number of amides is 2. The number of hydrogen-bond donors (Lipinski definition) is 2. The Morgan fingerprint density at radius 1 is 1.17 bits per heavy atom. The zero-order valence-electron chi connectivity index (χ0n) is 22.7. The molecule has 10 nitrogen and oxygen atoms in total. The molecule has 1 aromatic carbocycles. The molecule has 2 fully saturated rings. The number of anilines is 2. The topological polar surface area (TPSA) is 104 Å². The van der Waals surface area contributed by atoms with E-state index in [1.807, 2.05) is 26.2 Å². The van der Waals surface area contributed by atoms with Crippen LogP contribution < -0.4 is 15.5 Å². The summed E-state index contributed by atoms with van der Waals surface area (Å²) in [5.41, 5.74) is 2.38. The van der Waals surface area contributed by atoms with E-state index in [4.69, 9.17) is 21.7 Å². The Morgan fingerprint density at radius 2 is 1.98 bits per heavy atom. The number of benzene rings is 1. The number of nitrogens with zero attached hydrogens (tertiary/aromatic N) is 5. The number of nitrogens with one attached hydrogen (secondary N) is 2. The average molecular weight is 594 g/mol. The number of piperidine rings is 1. The molecule has 2 aromatic heterocycles. The van der Waals surface area contributed by atoms with E-state index in [0.717, 1.165) is 43.7 Å². The lowest BCUT2D eigenvalue weighted by Crippen LogP contribution is -2.39. The highest BCUT2D eigenvalue weighted by Gasteiger charge is 2.33. The lowest BCUT2D eigenvalue weighted by Gasteiger charge is -2.35. The second-order valence-electron chi connectivity index (χ2n) is 10.4. The van der Waals surface area contributed by atoms with Crippen molar-refractivity contribution in [3.8, 4) is 0 Å². The van der Waals surface area contributed by atoms with E-state index in [0.29, 0.717) is 30.3 Å². The number of aryl methyl sites for hydroxylation is 1. The molecule has 5 rings (SSSR count). The summed E-state index contributed by atoms with van der Waals surface area (Å²) in [6, 6.07) is 6.09. The van der Waals surface area contributed by atoms with Gasteiger partial charge in [0.25, 0.3) is 5.91 Å². The van der Waals surface area contributed by atoms with Crippen LogP contribution in [0.2, 0.25) is 5.02 Å². The molecular formula is C27H31ClF3N7O3. The average Bonchev–Trinajstić information content (AvgIpc) is 3.58. The molecule has 4 heterocycles. The molecule has 2 aliphatic rings. The van der Waals surface area contributed by atoms with Crippen LogP contribution in [0.15, 0.2) is 30.5 Å². The number of hydrogen-bond acceptors (Lipinski definition) is 7. The summed E-state index contributed by atoms with van der Waals surface area (Å²) in [5.74, 6) is 0.478. The maximum Gasteiger partial charge on any atom is 0.422 e. The fraction of sp³-hybridized carbons (Fsp3) is 0.481. The maximum absolute atomic E-state index is 13.8. The van der Waals surface area contributed by atoms with Crippen LogP contribution in [-0.2, 0) is 4.74 Å². The smallest absolute Gasteiger partial charge is 0.422 e. The van der Waals surface area contributed by atoms with Crippen molar-refractivity contribution in [3.63, 3.8) is 0 Å². The van der Waals surface area contributed by atoms with Gasteiger partial charge in [-0.3, -0.25) is 10.1 Å². The first kappa shape index (κ1) is 28.9. The second-order valence-corrected chi connectivity index (χ2v) is 10.8. The predicted octanol–water partition coefficient (Wildman–Crippen LogP) is 4.97. The third-order valence-corrected chi connectivity index (χ3v) is 7.68. The highest BCUT2D eigenvalue weighted by atomic mass is 35.5. The van der Waals surface area contributed by atoms with Crippen LogP contribution in [0.1, 0.15) is 53.3 Å². The Kier molecular flexibility index (Phi) is 8.28. The quantitative estimate of drug-likeness (QED) is 0.416. The van der Waals surface area contributed by atoms with Crippen molar-refractivity contribution in [1.29, 1.82) is 0 Å². The van der Waals surface area contributed by atoms with Gasteiger partial charge in [-0.15, -0.1) is 0 Å². The summed E-state index contributed by atoms with van der Waals surface area (Å²) in [7, 11) is 1.96. The van der Waals surface area contributed by atoms with Crippen LogP contribution in [0.25, 0.3) is 5.65 Å². The van der Waals surface area contributed by atoms with Gasteiger partial charge in [-0.1, -0.05) is 11.6 Å². The highest BCUT2D eigenvalue weighted by Crippen LogP contribution is 2.34. The summed E-state index contributed by atoms with van der Waals surface area (Å²) < 4.78 is 43.5. The van der Waals surface area contributed by atoms with Crippen molar-refractivity contribution in [1.82, 2.24) is 24.8 Å². The zero-order valence-corrected chi connectivity index (χ0v) is 23.4. The number of carbonyl (C=O) groups is 2. The van der Waals surface area contributed by atoms with Crippen LogP contribution in [0.3, 0.4) is 0 Å². The molecule has 2 saturated heterocycles. The SMILES string of the molecule is CN[C@H]1CCN(c2nc3cc([C@@H]4CCCCN4C(=O)c4cc(Cl)ccc4NC(=O)OCC(F)(F)F)nn3cc2C)C1. The fourth-order valence-corrected chi connectivity index (χ4v) is 5.60. The number of halogens is 4. The van der Waals surface area contributed by atoms with Gasteiger partial charge in [0.1, 0.15) is 5.82 Å². The van der Waals surface area contributed by atoms with Crippen molar-refractivity contribution in [3.05, 3.63) is 52.3 Å². The van der Waals surface area contributed by atoms with Gasteiger partial charge < -0.3 is 19.9 Å². The molecule has 14 heteroatoms. The standard InChI is InChI=1S/C27H31ClF3N7O3/c1-16-13-38-23(34-24(16)36-10-8-18(14-36)32-2)12-21(35-38)22-5-3-4-9-37(22)25(39)19-11-17(28)6-7-20(19)33-26(40)41-15-27(29,30)31/h6-7,11-13,18,22,32H,3-5,8-10,14-15H2,1-2H3,(H,33,40)/t18-,22-/m0/s1. The zero-order chi connectivity index (χ0) is 29.3. The first-order chi connectivity index (χ1) is 19.5. The van der Waals surface area contributed by atoms with E-state index in [9.17, 15) is 22.8 Å². The molecule has 0 aliphatic carbocycles. The Balaban J connectivity index is 1.40. The van der Waals surface area contributed by atoms with E-state index in [2.05, 4.69) is 20.3 Å². The van der Waals surface area contributed by atoms with E-state index < -0.39 is 24.8 Å². The van der Waals surface area contributed by atoms with Crippen molar-refractivity contribution < 1.29 is 27.5 Å². The number of fused-ring (bicyclic) bond motifs is 1. The number of ether oxygens (including phenoxy) is 1. The van der Waals surface area contributed by atoms with E-state index in [-0.39, 0.29) is 22.3 Å². The molecular weight excluding hydrogens is 563 g/mol. The van der Waals surface area contributed by atoms with Crippen LogP contribution in [0.4, 0.5) is 29.5 Å². The number of carbonyl (C=O) groups excluding carboxylic acids is 2. The van der Waals surface area contributed by atoms with Crippen LogP contribution in [0.5, 0.6) is 0 Å². The monoisotopic (exact) mass is 593 g/mol. The molecule has 220 valence electrons. The van der Waals surface area contributed by atoms with E-state index in [1.54, 1.807) is 9.42 Å². The molecule has 0 radical (unpaired) electrons. The van der Waals surface area contributed by atoms with Gasteiger partial charge >= 0.3 is 12.3 Å². The van der Waals surface area contributed by atoms with Gasteiger partial charge in [0.15, 0.2) is 12.3 Å². The first-order valence-electron chi connectivity index (χ1n) is 13.4. The number of likely N-dealkylation sites (tertiary alicyclic amines) is 1. The van der Waals surface area contributed by atoms with Gasteiger partial charge in [-0.25, -0.2) is 14.3 Å². The molecule has 0 spiro atoms. The van der Waals surface area contributed by atoms with Gasteiger partial charge in [0, 0.05) is 48.5 Å². The molecule has 41 heavy (non-hydrogen) atoms. The van der Waals surface area contributed by atoms with Gasteiger partial charge in [0.2, 0.25) is 0 Å². The van der Waals surface area contributed by atoms with Gasteiger partial charge in [-0.05, 0) is 57.9 Å². The van der Waals surface area contributed by atoms with Gasteiger partial charge in [0.05, 0.1) is 23.0 Å². The summed E-state index contributed by atoms with van der Waals surface area (Å²) in [5, 5.41) is 10.6. The molecule has 2 aliphatic heterocycles. The first-order valence-corrected chi connectivity index (χ1v) is 13.8. The minimum Gasteiger partial charge on any atom is -0.440 e. The normalized spacial score (nSPS) is 19.6. The largest absolute Gasteiger partial charge is 0.440 e. The minimum absolute atomic E-state index is 0.00156. The molecule has 2 atom stereocenters. The third kappa shape index (κ3) is 6.51. The second kappa shape index (κ2) is 11.7. The number of aromatic nitrogens is 3. The molecule has 2 amide bonds. The molecule has 3 aromatic rings. The maximum atomic E-state index is 13.8. The summed E-state index contributed by atoms with van der Waals surface area (Å²) in [6.45, 7) is 2.45. The number of alkyl halides is 3. The Bertz CT molecular complexity index is 1450. The lowest BCUT2D eigenvalue weighted by atomic mass is 9.98. The Morgan fingerprint density at radius 3 is 2.71 bits per heavy atom. The number of rotatable bonds is 6. The number of likely N-dealkylation sites (N-methyl/N-ethyl adjacent to an activating group) is 1. The Hall–Kier alpha value is -3.58. The fourth-order valence-electron chi connectivity index (χ4n) is 5.42. The van der Waals surface area contributed by atoms with Crippen LogP contribution >= 0.6 is 11.6 Å². The van der Waals surface area contributed by atoms with Gasteiger partial charge in [-0.2, -0.15) is 18.3 Å². The van der Waals surface area contributed by atoms with Crippen molar-refractivity contribution in [2.75, 3.05) is 43.5 Å². The molecule has 2 N–H and O–H groups in total. The predicted molar refractivity (Wildman–Crippen MR) is 148 cm³/mol. The summed E-state index contributed by atoms with van der Waals surface area (Å²) in [4.78, 5) is 34.7. The van der Waals surface area contributed by atoms with Crippen LogP contribution in [-0.4, -0.2) is 77.0 Å². The van der Waals surface area contributed by atoms with Crippen LogP contribution in [0, 0.1) is 6.92 Å². The van der Waals surface area contributed by atoms with Crippen molar-refractivity contribution in [2.24, 2.45) is 0 Å².